The van der Waals surface area contributed by atoms with Gasteiger partial charge in [-0.15, -0.1) is 23.1 Å². The van der Waals surface area contributed by atoms with E-state index in [1.807, 2.05) is 17.5 Å². The maximum atomic E-state index is 12.6. The van der Waals surface area contributed by atoms with Gasteiger partial charge in [0.2, 0.25) is 5.91 Å². The number of aliphatic hydroxyl groups excluding tert-OH is 1. The lowest BCUT2D eigenvalue weighted by atomic mass is 9.97. The Morgan fingerprint density at radius 1 is 1.10 bits per heavy atom. The number of carbonyl (C=O) groups is 2. The van der Waals surface area contributed by atoms with Crippen LogP contribution in [0.1, 0.15) is 4.88 Å². The van der Waals surface area contributed by atoms with E-state index in [0.29, 0.717) is 33.6 Å². The second kappa shape index (κ2) is 10.9. The van der Waals surface area contributed by atoms with Gasteiger partial charge in [0.25, 0.3) is 5.56 Å². The summed E-state index contributed by atoms with van der Waals surface area (Å²) in [6.45, 7) is -0.0653. The summed E-state index contributed by atoms with van der Waals surface area (Å²) >= 11 is 2.81. The van der Waals surface area contributed by atoms with Gasteiger partial charge in [-0.25, -0.2) is 9.88 Å². The maximum absolute atomic E-state index is 12.6. The molecule has 0 bridgehead atoms. The predicted molar refractivity (Wildman–Crippen MR) is 152 cm³/mol. The second-order valence-electron chi connectivity index (χ2n) is 9.39. The van der Waals surface area contributed by atoms with Crippen LogP contribution in [0.25, 0.3) is 22.3 Å². The van der Waals surface area contributed by atoms with Gasteiger partial charge in [0.1, 0.15) is 30.5 Å². The van der Waals surface area contributed by atoms with E-state index in [0.717, 1.165) is 4.88 Å². The molecule has 2 aliphatic heterocycles. The number of aliphatic hydroxyl groups is 1. The zero-order valence-electron chi connectivity index (χ0n) is 20.9. The lowest BCUT2D eigenvalue weighted by molar-refractivity contribution is -0.169. The molecule has 40 heavy (non-hydrogen) atoms. The average molecular weight is 577 g/mol. The number of nitrogens with zero attached hydrogens (tertiary/aromatic N) is 2. The minimum absolute atomic E-state index is 0.0653. The second-order valence-corrected chi connectivity index (χ2v) is 11.4. The molecule has 4 heterocycles. The van der Waals surface area contributed by atoms with Crippen LogP contribution in [0.3, 0.4) is 0 Å². The molecule has 4 N–H and O–H groups in total. The Morgan fingerprint density at radius 2 is 1.90 bits per heavy atom. The SMILES string of the molecule is O=C(Cc1cccs1)NC1C(O)N2C(C(=O)O)C(COc3ccccc3-c3nc4ccccc4c(=O)[nH]3)=CSC12. The van der Waals surface area contributed by atoms with Crippen molar-refractivity contribution in [3.05, 3.63) is 92.3 Å². The summed E-state index contributed by atoms with van der Waals surface area (Å²) in [7, 11) is 0. The smallest absolute Gasteiger partial charge is 0.325 e. The van der Waals surface area contributed by atoms with Gasteiger partial charge < -0.3 is 25.3 Å². The number of benzene rings is 2. The fourth-order valence-corrected chi connectivity index (χ4v) is 6.93. The number of fused-ring (bicyclic) bond motifs is 2. The van der Waals surface area contributed by atoms with Gasteiger partial charge in [0.05, 0.1) is 34.3 Å². The number of hydrogen-bond acceptors (Lipinski definition) is 9. The van der Waals surface area contributed by atoms with Crippen LogP contribution in [0, 0.1) is 0 Å². The summed E-state index contributed by atoms with van der Waals surface area (Å²) in [4.78, 5) is 47.2. The molecular formula is C28H24N4O6S2. The first kappa shape index (κ1) is 26.3. The number of aromatic nitrogens is 2. The minimum Gasteiger partial charge on any atom is -0.488 e. The van der Waals surface area contributed by atoms with Crippen molar-refractivity contribution in [1.82, 2.24) is 20.2 Å². The van der Waals surface area contributed by atoms with Crippen molar-refractivity contribution < 1.29 is 24.5 Å². The summed E-state index contributed by atoms with van der Waals surface area (Å²) in [5.74, 6) is -0.605. The number of carboxylic acids is 1. The number of H-pyrrole nitrogens is 1. The van der Waals surface area contributed by atoms with E-state index in [2.05, 4.69) is 15.3 Å². The first-order chi connectivity index (χ1) is 19.4. The van der Waals surface area contributed by atoms with Gasteiger partial charge in [0.15, 0.2) is 0 Å². The fraction of sp³-hybridized carbons (Fsp3) is 0.214. The number of thioether (sulfide) groups is 1. The Morgan fingerprint density at radius 3 is 2.70 bits per heavy atom. The maximum Gasteiger partial charge on any atom is 0.325 e. The van der Waals surface area contributed by atoms with Crippen molar-refractivity contribution in [2.75, 3.05) is 6.61 Å². The molecule has 10 nitrogen and oxygen atoms in total. The lowest BCUT2D eigenvalue weighted by Crippen LogP contribution is -2.76. The molecule has 4 aromatic rings. The molecule has 0 radical (unpaired) electrons. The van der Waals surface area contributed by atoms with Crippen molar-refractivity contribution in [2.45, 2.75) is 30.1 Å². The molecule has 0 saturated carbocycles. The quantitative estimate of drug-likeness (QED) is 0.249. The third-order valence-electron chi connectivity index (χ3n) is 6.86. The molecule has 12 heteroatoms. The first-order valence-corrected chi connectivity index (χ1v) is 14.3. The molecule has 4 atom stereocenters. The molecule has 2 aromatic carbocycles. The van der Waals surface area contributed by atoms with E-state index in [1.165, 1.54) is 28.0 Å². The third-order valence-corrected chi connectivity index (χ3v) is 8.99. The number of thiophene rings is 1. The standard InChI is InChI=1S/C28H24N4O6S2/c33-21(12-16-6-5-11-39-16)30-22-26(35)32-23(28(36)37)15(14-40-27(22)32)13-38-20-10-4-2-8-18(20)24-29-19-9-3-1-7-17(19)25(34)31-24/h1-11,14,22-23,26-27,35H,12-13H2,(H,30,33)(H,36,37)(H,29,31,34). The van der Waals surface area contributed by atoms with Crippen LogP contribution in [0.4, 0.5) is 0 Å². The van der Waals surface area contributed by atoms with Crippen LogP contribution in [-0.2, 0) is 16.0 Å². The highest BCUT2D eigenvalue weighted by Gasteiger charge is 2.56. The number of amides is 1. The highest BCUT2D eigenvalue weighted by atomic mass is 32.2. The van der Waals surface area contributed by atoms with E-state index in [-0.39, 0.29) is 24.5 Å². The molecule has 2 aromatic heterocycles. The Bertz CT molecular complexity index is 1670. The number of carboxylic acid groups (broad SMARTS) is 1. The van der Waals surface area contributed by atoms with Crippen molar-refractivity contribution in [3.8, 4) is 17.1 Å². The summed E-state index contributed by atoms with van der Waals surface area (Å²) in [6.07, 6.45) is -0.958. The van der Waals surface area contributed by atoms with E-state index >= 15 is 0 Å². The number of aromatic amines is 1. The van der Waals surface area contributed by atoms with Crippen molar-refractivity contribution in [2.24, 2.45) is 0 Å². The van der Waals surface area contributed by atoms with Crippen LogP contribution < -0.4 is 15.6 Å². The minimum atomic E-state index is -1.16. The van der Waals surface area contributed by atoms with Gasteiger partial charge in [-0.05, 0) is 41.1 Å². The number of aliphatic carboxylic acids is 1. The molecule has 6 rings (SSSR count). The summed E-state index contributed by atoms with van der Waals surface area (Å²) < 4.78 is 6.07. The van der Waals surface area contributed by atoms with Gasteiger partial charge in [-0.1, -0.05) is 30.3 Å². The molecule has 1 fully saturated rings. The Labute approximate surface area is 236 Å². The van der Waals surface area contributed by atoms with E-state index in [9.17, 15) is 24.6 Å². The van der Waals surface area contributed by atoms with Crippen molar-refractivity contribution in [3.63, 3.8) is 0 Å². The molecular weight excluding hydrogens is 552 g/mol. The Balaban J connectivity index is 1.19. The third kappa shape index (κ3) is 4.90. The monoisotopic (exact) mass is 576 g/mol. The zero-order chi connectivity index (χ0) is 27.8. The van der Waals surface area contributed by atoms with Crippen LogP contribution >= 0.6 is 23.1 Å². The Kier molecular flexibility index (Phi) is 7.15. The van der Waals surface area contributed by atoms with Crippen LogP contribution in [-0.4, -0.2) is 67.2 Å². The number of hydrogen-bond donors (Lipinski definition) is 4. The number of carbonyl (C=O) groups excluding carboxylic acids is 1. The number of rotatable bonds is 8. The molecule has 204 valence electrons. The van der Waals surface area contributed by atoms with Crippen LogP contribution in [0.5, 0.6) is 5.75 Å². The molecule has 4 unspecified atom stereocenters. The van der Waals surface area contributed by atoms with E-state index < -0.39 is 29.7 Å². The normalized spacial score (nSPS) is 22.2. The van der Waals surface area contributed by atoms with Gasteiger partial charge >= 0.3 is 5.97 Å². The topological polar surface area (TPSA) is 145 Å². The predicted octanol–water partition coefficient (Wildman–Crippen LogP) is 2.80. The summed E-state index contributed by atoms with van der Waals surface area (Å²) in [5, 5.41) is 27.4. The van der Waals surface area contributed by atoms with Gasteiger partial charge in [0, 0.05) is 10.5 Å². The van der Waals surface area contributed by atoms with Crippen LogP contribution in [0.2, 0.25) is 0 Å². The zero-order valence-corrected chi connectivity index (χ0v) is 22.5. The average Bonchev–Trinajstić information content (AvgIpc) is 3.47. The Hall–Kier alpha value is -3.97. The van der Waals surface area contributed by atoms with Gasteiger partial charge in [-0.3, -0.25) is 14.4 Å². The molecule has 0 aliphatic carbocycles. The molecule has 2 aliphatic rings. The fourth-order valence-electron chi connectivity index (χ4n) is 4.95. The van der Waals surface area contributed by atoms with E-state index in [1.54, 1.807) is 53.9 Å². The summed E-state index contributed by atoms with van der Waals surface area (Å²) in [5.41, 5.74) is 1.27. The number of ether oxygens (including phenoxy) is 1. The van der Waals surface area contributed by atoms with Crippen LogP contribution in [0.15, 0.2) is 81.8 Å². The largest absolute Gasteiger partial charge is 0.488 e. The summed E-state index contributed by atoms with van der Waals surface area (Å²) in [6, 6.07) is 16.1. The van der Waals surface area contributed by atoms with E-state index in [4.69, 9.17) is 4.74 Å². The first-order valence-electron chi connectivity index (χ1n) is 12.5. The molecule has 1 saturated heterocycles. The van der Waals surface area contributed by atoms with Crippen molar-refractivity contribution in [1.29, 1.82) is 0 Å². The molecule has 1 amide bonds. The van der Waals surface area contributed by atoms with Crippen molar-refractivity contribution >= 4 is 45.9 Å². The number of para-hydroxylation sites is 2. The lowest BCUT2D eigenvalue weighted by Gasteiger charge is -2.55. The highest BCUT2D eigenvalue weighted by molar-refractivity contribution is 8.02. The molecule has 0 spiro atoms. The van der Waals surface area contributed by atoms with Gasteiger partial charge in [-0.2, -0.15) is 0 Å². The number of nitrogens with one attached hydrogen (secondary N) is 2. The highest BCUT2D eigenvalue weighted by Crippen LogP contribution is 2.42.